The largest absolute Gasteiger partial charge is 0.462 e. The van der Waals surface area contributed by atoms with E-state index in [1.54, 1.807) is 6.07 Å². The Morgan fingerprint density at radius 3 is 1.59 bits per heavy atom. The van der Waals surface area contributed by atoms with E-state index >= 15 is 0 Å². The Hall–Kier alpha value is -3.76. The smallest absolute Gasteiger partial charge is 0.303 e. The molecule has 0 heterocycles. The third-order valence-electron chi connectivity index (χ3n) is 3.60. The third-order valence-corrected chi connectivity index (χ3v) is 3.60. The molecule has 14 nitrogen and oxygen atoms in total. The number of rotatable bonds is 12. The summed E-state index contributed by atoms with van der Waals surface area (Å²) in [6.07, 6.45) is -7.01. The number of hydrogen-bond donors (Lipinski definition) is 0. The third kappa shape index (κ3) is 10.9. The lowest BCUT2D eigenvalue weighted by Gasteiger charge is -2.36. The normalized spacial score (nSPS) is 14.9. The van der Waals surface area contributed by atoms with E-state index in [2.05, 4.69) is 0 Å². The molecule has 0 aromatic rings. The summed E-state index contributed by atoms with van der Waals surface area (Å²) in [6.45, 7) is 3.14. The quantitative estimate of drug-likeness (QED) is 0.159. The number of nitro groups is 1. The minimum absolute atomic E-state index is 0.677. The van der Waals surface area contributed by atoms with Gasteiger partial charge in [0.1, 0.15) is 6.61 Å². The molecule has 32 heavy (non-hydrogen) atoms. The zero-order valence-corrected chi connectivity index (χ0v) is 18.1. The summed E-state index contributed by atoms with van der Waals surface area (Å²) >= 11 is 0. The number of hydrogen-bond acceptors (Lipinski definition) is 13. The molecule has 14 heteroatoms. The van der Waals surface area contributed by atoms with E-state index < -0.39 is 78.3 Å². The first kappa shape index (κ1) is 28.2. The highest BCUT2D eigenvalue weighted by Gasteiger charge is 2.48. The molecule has 0 fully saturated rings. The van der Waals surface area contributed by atoms with Crippen LogP contribution in [0.1, 0.15) is 34.6 Å². The summed E-state index contributed by atoms with van der Waals surface area (Å²) in [5, 5.41) is 20.4. The maximum absolute atomic E-state index is 11.8. The molecular formula is C18H24N2O12. The molecule has 0 saturated carbocycles. The summed E-state index contributed by atoms with van der Waals surface area (Å²) < 4.78 is 25.1. The average molecular weight is 460 g/mol. The van der Waals surface area contributed by atoms with Gasteiger partial charge in [0.2, 0.25) is 6.54 Å². The first-order valence-electron chi connectivity index (χ1n) is 9.12. The summed E-state index contributed by atoms with van der Waals surface area (Å²) in [7, 11) is 0. The van der Waals surface area contributed by atoms with E-state index in [4.69, 9.17) is 23.7 Å². The highest BCUT2D eigenvalue weighted by molar-refractivity contribution is 5.69. The van der Waals surface area contributed by atoms with Gasteiger partial charge >= 0.3 is 29.8 Å². The van der Waals surface area contributed by atoms with Gasteiger partial charge in [0.15, 0.2) is 30.3 Å². The van der Waals surface area contributed by atoms with Crippen molar-refractivity contribution in [2.24, 2.45) is 5.92 Å². The Labute approximate surface area is 182 Å². The first-order valence-corrected chi connectivity index (χ1v) is 9.12. The SMILES string of the molecule is CC(=O)OC[C@@H](OC(C)=O)[C@@H](OC(C)=O)[C@H](OC(C)=O)[C@H](OC(C)=O)[C@@H](C#N)C[N+](=O)[O-]. The van der Waals surface area contributed by atoms with Crippen molar-refractivity contribution in [2.45, 2.75) is 59.0 Å². The Balaban J connectivity index is 6.59. The predicted octanol–water partition coefficient (Wildman–Crippen LogP) is -0.307. The molecule has 5 atom stereocenters. The summed E-state index contributed by atoms with van der Waals surface area (Å²) in [6, 6.07) is 1.59. The van der Waals surface area contributed by atoms with Crippen LogP contribution in [0.2, 0.25) is 0 Å². The van der Waals surface area contributed by atoms with Gasteiger partial charge in [-0.25, -0.2) is 0 Å². The second-order valence-corrected chi connectivity index (χ2v) is 6.42. The number of nitriles is 1. The van der Waals surface area contributed by atoms with Crippen molar-refractivity contribution in [1.82, 2.24) is 0 Å². The molecule has 0 amide bonds. The zero-order chi connectivity index (χ0) is 25.0. The maximum Gasteiger partial charge on any atom is 0.303 e. The molecule has 0 aliphatic heterocycles. The molecule has 0 aromatic heterocycles. The van der Waals surface area contributed by atoms with Crippen molar-refractivity contribution in [3.8, 4) is 6.07 Å². The minimum atomic E-state index is -1.84. The lowest BCUT2D eigenvalue weighted by molar-refractivity contribution is -0.488. The highest BCUT2D eigenvalue weighted by Crippen LogP contribution is 2.24. The number of esters is 5. The van der Waals surface area contributed by atoms with E-state index in [9.17, 15) is 39.3 Å². The predicted molar refractivity (Wildman–Crippen MR) is 99.8 cm³/mol. The van der Waals surface area contributed by atoms with Gasteiger partial charge < -0.3 is 23.7 Å². The van der Waals surface area contributed by atoms with Crippen molar-refractivity contribution in [3.05, 3.63) is 10.1 Å². The van der Waals surface area contributed by atoms with Crippen LogP contribution in [0.5, 0.6) is 0 Å². The van der Waals surface area contributed by atoms with E-state index in [1.165, 1.54) is 0 Å². The first-order chi connectivity index (χ1) is 14.8. The zero-order valence-electron chi connectivity index (χ0n) is 18.1. The van der Waals surface area contributed by atoms with E-state index in [1.807, 2.05) is 0 Å². The van der Waals surface area contributed by atoms with Crippen LogP contribution in [0, 0.1) is 27.4 Å². The molecule has 0 aromatic carbocycles. The Morgan fingerprint density at radius 2 is 1.22 bits per heavy atom. The van der Waals surface area contributed by atoms with Crippen LogP contribution in [0.25, 0.3) is 0 Å². The fourth-order valence-electron chi connectivity index (χ4n) is 2.62. The molecule has 0 rings (SSSR count). The van der Waals surface area contributed by atoms with Crippen molar-refractivity contribution in [3.63, 3.8) is 0 Å². The van der Waals surface area contributed by atoms with Gasteiger partial charge in [-0.1, -0.05) is 0 Å². The number of nitrogens with zero attached hydrogens (tertiary/aromatic N) is 2. The lowest BCUT2D eigenvalue weighted by Crippen LogP contribution is -2.55. The fraction of sp³-hybridized carbons (Fsp3) is 0.667. The average Bonchev–Trinajstić information content (AvgIpc) is 2.63. The van der Waals surface area contributed by atoms with Gasteiger partial charge in [0.25, 0.3) is 0 Å². The van der Waals surface area contributed by atoms with Crippen LogP contribution >= 0.6 is 0 Å². The van der Waals surface area contributed by atoms with Gasteiger partial charge in [-0.05, 0) is 0 Å². The topological polar surface area (TPSA) is 198 Å². The standard InChI is InChI=1S/C18H24N2O12/c1-9(21)28-8-15(29-10(2)22)17(31-12(4)24)18(32-13(5)25)16(30-11(3)23)14(6-19)7-20(26)27/h14-18H,7-8H2,1-5H3/t14-,15+,16+,17+,18+/m0/s1. The van der Waals surface area contributed by atoms with Crippen LogP contribution in [0.3, 0.4) is 0 Å². The van der Waals surface area contributed by atoms with Crippen molar-refractivity contribution < 1.29 is 52.6 Å². The van der Waals surface area contributed by atoms with E-state index in [-0.39, 0.29) is 0 Å². The van der Waals surface area contributed by atoms with Crippen LogP contribution in [0.15, 0.2) is 0 Å². The number of carbonyl (C=O) groups excluding carboxylic acids is 5. The second-order valence-electron chi connectivity index (χ2n) is 6.42. The molecule has 0 radical (unpaired) electrons. The molecule has 178 valence electrons. The molecule has 0 bridgehead atoms. The van der Waals surface area contributed by atoms with Crippen LogP contribution in [-0.4, -0.2) is 72.3 Å². The number of carbonyl (C=O) groups is 5. The summed E-state index contributed by atoms with van der Waals surface area (Å²) in [5.74, 6) is -6.35. The molecule has 0 aliphatic carbocycles. The van der Waals surface area contributed by atoms with Crippen molar-refractivity contribution >= 4 is 29.8 Å². The molecule has 0 N–H and O–H groups in total. The molecule has 0 spiro atoms. The molecule has 0 unspecified atom stereocenters. The van der Waals surface area contributed by atoms with Crippen LogP contribution in [-0.2, 0) is 47.7 Å². The molecular weight excluding hydrogens is 436 g/mol. The van der Waals surface area contributed by atoms with Gasteiger partial charge in [0, 0.05) is 39.5 Å². The highest BCUT2D eigenvalue weighted by atomic mass is 16.6. The summed E-state index contributed by atoms with van der Waals surface area (Å²) in [4.78, 5) is 68.1. The van der Waals surface area contributed by atoms with Crippen molar-refractivity contribution in [2.75, 3.05) is 13.2 Å². The Morgan fingerprint density at radius 1 is 0.781 bits per heavy atom. The Bertz CT molecular complexity index is 774. The number of ether oxygens (including phenoxy) is 5. The van der Waals surface area contributed by atoms with E-state index in [0.717, 1.165) is 34.6 Å². The fourth-order valence-corrected chi connectivity index (χ4v) is 2.62. The van der Waals surface area contributed by atoms with Gasteiger partial charge in [-0.3, -0.25) is 34.1 Å². The van der Waals surface area contributed by atoms with Gasteiger partial charge in [-0.2, -0.15) is 5.26 Å². The van der Waals surface area contributed by atoms with Crippen molar-refractivity contribution in [1.29, 1.82) is 5.26 Å². The lowest BCUT2D eigenvalue weighted by atomic mass is 9.92. The summed E-state index contributed by atoms with van der Waals surface area (Å²) in [5.41, 5.74) is 0. The molecule has 0 aliphatic rings. The molecule has 0 saturated heterocycles. The Kier molecular flexibility index (Phi) is 11.9. The maximum atomic E-state index is 11.8. The van der Waals surface area contributed by atoms with Crippen LogP contribution in [0.4, 0.5) is 0 Å². The van der Waals surface area contributed by atoms with Gasteiger partial charge in [-0.15, -0.1) is 0 Å². The minimum Gasteiger partial charge on any atom is -0.462 e. The monoisotopic (exact) mass is 460 g/mol. The van der Waals surface area contributed by atoms with Gasteiger partial charge in [0.05, 0.1) is 6.07 Å². The van der Waals surface area contributed by atoms with Crippen LogP contribution < -0.4 is 0 Å². The van der Waals surface area contributed by atoms with E-state index in [0.29, 0.717) is 0 Å². The second kappa shape index (κ2) is 13.5.